The zero-order valence-corrected chi connectivity index (χ0v) is 7.60. The van der Waals surface area contributed by atoms with Gasteiger partial charge < -0.3 is 10.6 Å². The van der Waals surface area contributed by atoms with Crippen molar-refractivity contribution >= 4 is 16.7 Å². The fourth-order valence-electron chi connectivity index (χ4n) is 0.984. The van der Waals surface area contributed by atoms with Gasteiger partial charge in [0.15, 0.2) is 0 Å². The van der Waals surface area contributed by atoms with Crippen LogP contribution in [-0.4, -0.2) is 28.5 Å². The summed E-state index contributed by atoms with van der Waals surface area (Å²) in [5.41, 5.74) is 0. The standard InChI is InChI=1S/C7H12N4S/c1-2-6(1)8-3-4-9-7-10-5-11-12-7/h5-6,8H,1-4H2,(H,9,10,11). The molecule has 0 spiro atoms. The van der Waals surface area contributed by atoms with Crippen LogP contribution in [0.1, 0.15) is 12.8 Å². The quantitative estimate of drug-likeness (QED) is 0.661. The lowest BCUT2D eigenvalue weighted by Gasteiger charge is -2.02. The minimum atomic E-state index is 0.793. The Morgan fingerprint density at radius 2 is 2.42 bits per heavy atom. The molecular weight excluding hydrogens is 172 g/mol. The highest BCUT2D eigenvalue weighted by Crippen LogP contribution is 2.17. The Hall–Kier alpha value is -0.680. The molecule has 0 atom stereocenters. The smallest absolute Gasteiger partial charge is 0.202 e. The highest BCUT2D eigenvalue weighted by molar-refractivity contribution is 7.09. The second-order valence-electron chi connectivity index (χ2n) is 2.90. The van der Waals surface area contributed by atoms with Crippen molar-refractivity contribution in [1.29, 1.82) is 0 Å². The molecule has 1 aromatic heterocycles. The molecule has 0 amide bonds. The Morgan fingerprint density at radius 1 is 1.50 bits per heavy atom. The lowest BCUT2D eigenvalue weighted by Crippen LogP contribution is -2.23. The topological polar surface area (TPSA) is 49.8 Å². The van der Waals surface area contributed by atoms with Crippen molar-refractivity contribution in [1.82, 2.24) is 14.7 Å². The molecule has 0 radical (unpaired) electrons. The molecule has 0 aromatic carbocycles. The van der Waals surface area contributed by atoms with Crippen LogP contribution >= 0.6 is 11.5 Å². The molecule has 0 unspecified atom stereocenters. The minimum Gasteiger partial charge on any atom is -0.359 e. The summed E-state index contributed by atoms with van der Waals surface area (Å²) < 4.78 is 3.90. The van der Waals surface area contributed by atoms with Gasteiger partial charge in [0.25, 0.3) is 0 Å². The third-order valence-electron chi connectivity index (χ3n) is 1.77. The van der Waals surface area contributed by atoms with Gasteiger partial charge in [0, 0.05) is 30.7 Å². The number of rotatable bonds is 5. The van der Waals surface area contributed by atoms with E-state index < -0.39 is 0 Å². The summed E-state index contributed by atoms with van der Waals surface area (Å²) in [7, 11) is 0. The van der Waals surface area contributed by atoms with E-state index in [4.69, 9.17) is 0 Å². The van der Waals surface area contributed by atoms with E-state index in [1.54, 1.807) is 6.33 Å². The van der Waals surface area contributed by atoms with E-state index in [2.05, 4.69) is 20.0 Å². The number of hydrogen-bond acceptors (Lipinski definition) is 5. The average molecular weight is 184 g/mol. The van der Waals surface area contributed by atoms with Crippen LogP contribution in [0.2, 0.25) is 0 Å². The molecule has 4 nitrogen and oxygen atoms in total. The number of anilines is 1. The Morgan fingerprint density at radius 3 is 3.08 bits per heavy atom. The predicted octanol–water partition coefficient (Wildman–Crippen LogP) is 0.702. The maximum Gasteiger partial charge on any atom is 0.202 e. The van der Waals surface area contributed by atoms with E-state index in [1.165, 1.54) is 24.4 Å². The first-order chi connectivity index (χ1) is 5.95. The summed E-state index contributed by atoms with van der Waals surface area (Å²) in [6, 6.07) is 0.793. The highest BCUT2D eigenvalue weighted by Gasteiger charge is 2.19. The fraction of sp³-hybridized carbons (Fsp3) is 0.714. The first-order valence-corrected chi connectivity index (χ1v) is 4.96. The highest BCUT2D eigenvalue weighted by atomic mass is 32.1. The van der Waals surface area contributed by atoms with E-state index >= 15 is 0 Å². The van der Waals surface area contributed by atoms with Crippen LogP contribution in [0.15, 0.2) is 6.33 Å². The molecule has 1 fully saturated rings. The Balaban J connectivity index is 1.56. The van der Waals surface area contributed by atoms with Crippen LogP contribution in [0, 0.1) is 0 Å². The van der Waals surface area contributed by atoms with E-state index in [0.29, 0.717) is 0 Å². The van der Waals surface area contributed by atoms with E-state index in [0.717, 1.165) is 24.3 Å². The van der Waals surface area contributed by atoms with Gasteiger partial charge in [-0.05, 0) is 12.8 Å². The molecule has 0 aliphatic heterocycles. The Kier molecular flexibility index (Phi) is 2.53. The van der Waals surface area contributed by atoms with E-state index in [-0.39, 0.29) is 0 Å². The second-order valence-corrected chi connectivity index (χ2v) is 3.68. The minimum absolute atomic E-state index is 0.793. The lowest BCUT2D eigenvalue weighted by atomic mass is 10.6. The molecule has 1 saturated carbocycles. The molecule has 5 heteroatoms. The summed E-state index contributed by atoms with van der Waals surface area (Å²) in [6.07, 6.45) is 4.26. The first kappa shape index (κ1) is 7.94. The van der Waals surface area contributed by atoms with Gasteiger partial charge in [-0.15, -0.1) is 0 Å². The number of nitrogens with one attached hydrogen (secondary N) is 2. The zero-order chi connectivity index (χ0) is 8.23. The summed E-state index contributed by atoms with van der Waals surface area (Å²) in [5.74, 6) is 0. The van der Waals surface area contributed by atoms with Gasteiger partial charge in [0.1, 0.15) is 6.33 Å². The number of nitrogens with zero attached hydrogens (tertiary/aromatic N) is 2. The van der Waals surface area contributed by atoms with Crippen molar-refractivity contribution in [3.8, 4) is 0 Å². The molecule has 2 rings (SSSR count). The van der Waals surface area contributed by atoms with Gasteiger partial charge in [-0.2, -0.15) is 4.37 Å². The lowest BCUT2D eigenvalue weighted by molar-refractivity contribution is 0.701. The van der Waals surface area contributed by atoms with Crippen LogP contribution in [0.3, 0.4) is 0 Å². The third-order valence-corrected chi connectivity index (χ3v) is 2.40. The van der Waals surface area contributed by atoms with Crippen LogP contribution < -0.4 is 10.6 Å². The molecule has 66 valence electrons. The van der Waals surface area contributed by atoms with Gasteiger partial charge in [-0.3, -0.25) is 0 Å². The van der Waals surface area contributed by atoms with Gasteiger partial charge in [0.05, 0.1) is 0 Å². The van der Waals surface area contributed by atoms with Crippen LogP contribution in [0.25, 0.3) is 0 Å². The molecule has 12 heavy (non-hydrogen) atoms. The second kappa shape index (κ2) is 3.82. The van der Waals surface area contributed by atoms with Crippen LogP contribution in [0.4, 0.5) is 5.13 Å². The maximum atomic E-state index is 4.02. The Bertz CT molecular complexity index is 219. The van der Waals surface area contributed by atoms with E-state index in [1.807, 2.05) is 0 Å². The van der Waals surface area contributed by atoms with Crippen LogP contribution in [0.5, 0.6) is 0 Å². The molecule has 1 aliphatic carbocycles. The van der Waals surface area contributed by atoms with Crippen molar-refractivity contribution in [2.24, 2.45) is 0 Å². The normalized spacial score (nSPS) is 16.3. The van der Waals surface area contributed by atoms with Crippen molar-refractivity contribution in [2.45, 2.75) is 18.9 Å². The molecular formula is C7H12N4S. The third kappa shape index (κ3) is 2.42. The van der Waals surface area contributed by atoms with Gasteiger partial charge in [-0.25, -0.2) is 4.98 Å². The van der Waals surface area contributed by atoms with Gasteiger partial charge in [-0.1, -0.05) is 0 Å². The largest absolute Gasteiger partial charge is 0.359 e. The maximum absolute atomic E-state index is 4.02. The monoisotopic (exact) mass is 184 g/mol. The molecule has 1 aromatic rings. The average Bonchev–Trinajstić information content (AvgIpc) is 2.76. The molecule has 0 saturated heterocycles. The predicted molar refractivity (Wildman–Crippen MR) is 49.4 cm³/mol. The van der Waals surface area contributed by atoms with Crippen molar-refractivity contribution in [3.63, 3.8) is 0 Å². The molecule has 1 aliphatic rings. The summed E-state index contributed by atoms with van der Waals surface area (Å²) in [6.45, 7) is 1.95. The van der Waals surface area contributed by atoms with Crippen molar-refractivity contribution in [3.05, 3.63) is 6.33 Å². The molecule has 1 heterocycles. The first-order valence-electron chi connectivity index (χ1n) is 4.19. The van der Waals surface area contributed by atoms with Gasteiger partial charge >= 0.3 is 0 Å². The molecule has 2 N–H and O–H groups in total. The van der Waals surface area contributed by atoms with Crippen molar-refractivity contribution < 1.29 is 0 Å². The zero-order valence-electron chi connectivity index (χ0n) is 6.79. The SMILES string of the molecule is c1nsc(NCCNC2CC2)n1. The van der Waals surface area contributed by atoms with Crippen molar-refractivity contribution in [2.75, 3.05) is 18.4 Å². The Labute approximate surface area is 75.6 Å². The van der Waals surface area contributed by atoms with Crippen LogP contribution in [-0.2, 0) is 0 Å². The fourth-order valence-corrected chi connectivity index (χ4v) is 1.44. The summed E-state index contributed by atoms with van der Waals surface area (Å²) in [4.78, 5) is 4.02. The summed E-state index contributed by atoms with van der Waals surface area (Å²) >= 11 is 1.40. The van der Waals surface area contributed by atoms with Gasteiger partial charge in [0.2, 0.25) is 5.13 Å². The van der Waals surface area contributed by atoms with E-state index in [9.17, 15) is 0 Å². The molecule has 0 bridgehead atoms. The number of aromatic nitrogens is 2. The number of hydrogen-bond donors (Lipinski definition) is 2. The summed E-state index contributed by atoms with van der Waals surface area (Å²) in [5, 5.41) is 7.51.